The third kappa shape index (κ3) is 3.13. The van der Waals surface area contributed by atoms with Crippen LogP contribution in [0.1, 0.15) is 25.7 Å². The molecule has 0 amide bonds. The minimum Gasteiger partial charge on any atom is -0.314 e. The van der Waals surface area contributed by atoms with Gasteiger partial charge >= 0.3 is 0 Å². The average Bonchev–Trinajstić information content (AvgIpc) is 2.51. The van der Waals surface area contributed by atoms with E-state index in [1.807, 2.05) is 0 Å². The summed E-state index contributed by atoms with van der Waals surface area (Å²) in [7, 11) is 0. The molecule has 1 N–H and O–H groups in total. The summed E-state index contributed by atoms with van der Waals surface area (Å²) in [5, 5.41) is 3.33. The standard InChI is InChI=1S/C14H17N5O2/c20-11(7-10-3-1-2-4-15-10)8-19-9-18-13-12(14(19)21)16-5-6-17-13/h5-6,9-10,15H,1-4,7-8H2/t10-/m0/s1. The van der Waals surface area contributed by atoms with Gasteiger partial charge in [0.25, 0.3) is 5.56 Å². The van der Waals surface area contributed by atoms with Crippen LogP contribution in [0.2, 0.25) is 0 Å². The van der Waals surface area contributed by atoms with Gasteiger partial charge in [-0.15, -0.1) is 0 Å². The Morgan fingerprint density at radius 3 is 2.95 bits per heavy atom. The number of piperidine rings is 1. The van der Waals surface area contributed by atoms with Crippen molar-refractivity contribution in [2.45, 2.75) is 38.3 Å². The molecule has 0 saturated carbocycles. The quantitative estimate of drug-likeness (QED) is 0.869. The van der Waals surface area contributed by atoms with E-state index >= 15 is 0 Å². The molecule has 1 aliphatic rings. The molecule has 1 aliphatic heterocycles. The van der Waals surface area contributed by atoms with Crippen LogP contribution >= 0.6 is 0 Å². The number of nitrogens with zero attached hydrogens (tertiary/aromatic N) is 4. The van der Waals surface area contributed by atoms with Gasteiger partial charge < -0.3 is 5.32 Å². The van der Waals surface area contributed by atoms with E-state index in [2.05, 4.69) is 20.3 Å². The zero-order valence-electron chi connectivity index (χ0n) is 11.7. The number of ketones is 1. The summed E-state index contributed by atoms with van der Waals surface area (Å²) in [5.41, 5.74) is 0.182. The molecule has 2 aromatic heterocycles. The molecule has 0 unspecified atom stereocenters. The third-order valence-electron chi connectivity index (χ3n) is 3.69. The summed E-state index contributed by atoms with van der Waals surface area (Å²) >= 11 is 0. The predicted octanol–water partition coefficient (Wildman–Crippen LogP) is 0.288. The first kappa shape index (κ1) is 13.8. The Morgan fingerprint density at radius 1 is 1.29 bits per heavy atom. The third-order valence-corrected chi connectivity index (χ3v) is 3.69. The van der Waals surface area contributed by atoms with Crippen molar-refractivity contribution in [1.82, 2.24) is 24.8 Å². The number of hydrogen-bond donors (Lipinski definition) is 1. The highest BCUT2D eigenvalue weighted by Crippen LogP contribution is 2.10. The number of hydrogen-bond acceptors (Lipinski definition) is 6. The van der Waals surface area contributed by atoms with Gasteiger partial charge in [-0.05, 0) is 19.4 Å². The Labute approximate surface area is 121 Å². The molecule has 3 heterocycles. The van der Waals surface area contributed by atoms with E-state index in [4.69, 9.17) is 0 Å². The summed E-state index contributed by atoms with van der Waals surface area (Å²) < 4.78 is 1.31. The van der Waals surface area contributed by atoms with Gasteiger partial charge in [-0.3, -0.25) is 14.2 Å². The van der Waals surface area contributed by atoms with Gasteiger partial charge in [0.15, 0.2) is 16.9 Å². The molecule has 0 spiro atoms. The second kappa shape index (κ2) is 6.09. The maximum atomic E-state index is 12.2. The molecule has 2 aromatic rings. The number of aromatic nitrogens is 4. The van der Waals surface area contributed by atoms with Crippen molar-refractivity contribution in [3.05, 3.63) is 29.1 Å². The summed E-state index contributed by atoms with van der Waals surface area (Å²) in [6, 6.07) is 0.232. The summed E-state index contributed by atoms with van der Waals surface area (Å²) in [4.78, 5) is 36.3. The van der Waals surface area contributed by atoms with E-state index < -0.39 is 0 Å². The van der Waals surface area contributed by atoms with Crippen LogP contribution in [0.25, 0.3) is 11.2 Å². The molecule has 1 saturated heterocycles. The Bertz CT molecular complexity index is 706. The molecule has 7 nitrogen and oxygen atoms in total. The van der Waals surface area contributed by atoms with Crippen molar-refractivity contribution in [2.75, 3.05) is 6.54 Å². The molecular weight excluding hydrogens is 270 g/mol. The normalized spacial score (nSPS) is 18.8. The summed E-state index contributed by atoms with van der Waals surface area (Å²) in [6.45, 7) is 1.00. The van der Waals surface area contributed by atoms with Gasteiger partial charge in [-0.2, -0.15) is 0 Å². The minimum absolute atomic E-state index is 0.0292. The largest absolute Gasteiger partial charge is 0.314 e. The maximum Gasteiger partial charge on any atom is 0.281 e. The van der Waals surface area contributed by atoms with Crippen LogP contribution in [0.4, 0.5) is 0 Å². The number of Topliss-reactive ketones (excluding diaryl/α,β-unsaturated/α-hetero) is 1. The fourth-order valence-electron chi connectivity index (χ4n) is 2.63. The molecule has 3 rings (SSSR count). The Balaban J connectivity index is 1.73. The van der Waals surface area contributed by atoms with Gasteiger partial charge in [0.2, 0.25) is 0 Å². The molecule has 1 fully saturated rings. The van der Waals surface area contributed by atoms with Crippen LogP contribution < -0.4 is 10.9 Å². The highest BCUT2D eigenvalue weighted by molar-refractivity contribution is 5.79. The van der Waals surface area contributed by atoms with Crippen LogP contribution in [0, 0.1) is 0 Å². The van der Waals surface area contributed by atoms with E-state index in [1.165, 1.54) is 23.3 Å². The highest BCUT2D eigenvalue weighted by Gasteiger charge is 2.17. The second-order valence-electron chi connectivity index (χ2n) is 5.30. The SMILES string of the molecule is O=C(C[C@@H]1CCCCN1)Cn1cnc2nccnc2c1=O. The van der Waals surface area contributed by atoms with Crippen molar-refractivity contribution in [3.63, 3.8) is 0 Å². The maximum absolute atomic E-state index is 12.2. The lowest BCUT2D eigenvalue weighted by Crippen LogP contribution is -2.37. The number of carbonyl (C=O) groups excluding carboxylic acids is 1. The molecule has 1 atom stereocenters. The topological polar surface area (TPSA) is 89.8 Å². The predicted molar refractivity (Wildman–Crippen MR) is 76.9 cm³/mol. The monoisotopic (exact) mass is 287 g/mol. The second-order valence-corrected chi connectivity index (χ2v) is 5.30. The Hall–Kier alpha value is -2.15. The van der Waals surface area contributed by atoms with Crippen molar-refractivity contribution in [3.8, 4) is 0 Å². The minimum atomic E-state index is -0.321. The lowest BCUT2D eigenvalue weighted by molar-refractivity contribution is -0.120. The molecule has 0 bridgehead atoms. The lowest BCUT2D eigenvalue weighted by atomic mass is 10.00. The lowest BCUT2D eigenvalue weighted by Gasteiger charge is -2.22. The van der Waals surface area contributed by atoms with Crippen molar-refractivity contribution in [2.24, 2.45) is 0 Å². The molecule has 0 aromatic carbocycles. The molecule has 0 radical (unpaired) electrons. The van der Waals surface area contributed by atoms with Crippen LogP contribution in [0.5, 0.6) is 0 Å². The van der Waals surface area contributed by atoms with E-state index in [-0.39, 0.29) is 29.4 Å². The van der Waals surface area contributed by atoms with Gasteiger partial charge in [-0.25, -0.2) is 15.0 Å². The summed E-state index contributed by atoms with van der Waals surface area (Å²) in [6.07, 6.45) is 8.08. The molecular formula is C14H17N5O2. The molecule has 0 aliphatic carbocycles. The van der Waals surface area contributed by atoms with E-state index in [0.717, 1.165) is 25.8 Å². The van der Waals surface area contributed by atoms with Gasteiger partial charge in [-0.1, -0.05) is 6.42 Å². The molecule has 7 heteroatoms. The van der Waals surface area contributed by atoms with Crippen LogP contribution in [0.3, 0.4) is 0 Å². The smallest absolute Gasteiger partial charge is 0.281 e. The first-order chi connectivity index (χ1) is 10.2. The number of carbonyl (C=O) groups is 1. The zero-order chi connectivity index (χ0) is 14.7. The fourth-order valence-corrected chi connectivity index (χ4v) is 2.63. The van der Waals surface area contributed by atoms with Crippen LogP contribution in [-0.2, 0) is 11.3 Å². The number of nitrogens with one attached hydrogen (secondary N) is 1. The van der Waals surface area contributed by atoms with E-state index in [9.17, 15) is 9.59 Å². The van der Waals surface area contributed by atoms with Crippen molar-refractivity contribution >= 4 is 16.9 Å². The first-order valence-electron chi connectivity index (χ1n) is 7.15. The molecule has 21 heavy (non-hydrogen) atoms. The number of rotatable bonds is 4. The van der Waals surface area contributed by atoms with E-state index in [0.29, 0.717) is 12.1 Å². The van der Waals surface area contributed by atoms with Gasteiger partial charge in [0.05, 0.1) is 6.54 Å². The van der Waals surface area contributed by atoms with Crippen molar-refractivity contribution < 1.29 is 4.79 Å². The molecule has 110 valence electrons. The van der Waals surface area contributed by atoms with Crippen molar-refractivity contribution in [1.29, 1.82) is 0 Å². The first-order valence-corrected chi connectivity index (χ1v) is 7.15. The highest BCUT2D eigenvalue weighted by atomic mass is 16.1. The van der Waals surface area contributed by atoms with Crippen LogP contribution in [0.15, 0.2) is 23.5 Å². The van der Waals surface area contributed by atoms with Crippen LogP contribution in [-0.4, -0.2) is 37.9 Å². The van der Waals surface area contributed by atoms with E-state index in [1.54, 1.807) is 0 Å². The van der Waals surface area contributed by atoms with Gasteiger partial charge in [0.1, 0.15) is 6.33 Å². The Morgan fingerprint density at radius 2 is 2.14 bits per heavy atom. The van der Waals surface area contributed by atoms with Gasteiger partial charge in [0, 0.05) is 24.9 Å². The fraction of sp³-hybridized carbons (Fsp3) is 0.500. The Kier molecular flexibility index (Phi) is 4.01. The number of fused-ring (bicyclic) bond motifs is 1. The average molecular weight is 287 g/mol. The summed E-state index contributed by atoms with van der Waals surface area (Å²) in [5.74, 6) is 0.0292. The zero-order valence-corrected chi connectivity index (χ0v) is 11.7.